The number of fused-ring (bicyclic) bond motifs is 1. The zero-order valence-corrected chi connectivity index (χ0v) is 10.3. The Hall–Kier alpha value is -2.67. The summed E-state index contributed by atoms with van der Waals surface area (Å²) in [6.07, 6.45) is 1.22. The molecule has 0 radical (unpaired) electrons. The number of carboxylic acids is 1. The second-order valence-electron chi connectivity index (χ2n) is 4.12. The molecule has 4 N–H and O–H groups in total. The van der Waals surface area contributed by atoms with Crippen LogP contribution in [0.25, 0.3) is 10.9 Å². The number of aromatic amines is 1. The first-order valence-electron chi connectivity index (χ1n) is 5.79. The van der Waals surface area contributed by atoms with E-state index >= 15 is 0 Å². The number of amides is 1. The van der Waals surface area contributed by atoms with Crippen molar-refractivity contribution in [2.45, 2.75) is 6.04 Å². The summed E-state index contributed by atoms with van der Waals surface area (Å²) in [7, 11) is 0. The molecule has 0 aliphatic rings. The van der Waals surface area contributed by atoms with Crippen LogP contribution in [-0.4, -0.2) is 39.7 Å². The highest BCUT2D eigenvalue weighted by Crippen LogP contribution is 2.07. The third-order valence-electron chi connectivity index (χ3n) is 2.82. The number of aliphatic hydroxyl groups is 1. The van der Waals surface area contributed by atoms with Gasteiger partial charge in [-0.15, -0.1) is 0 Å². The van der Waals surface area contributed by atoms with Crippen LogP contribution in [0.4, 0.5) is 0 Å². The summed E-state index contributed by atoms with van der Waals surface area (Å²) in [5.74, 6) is -2.23. The number of rotatable bonds is 4. The van der Waals surface area contributed by atoms with Crippen LogP contribution in [0.3, 0.4) is 0 Å². The molecule has 1 aromatic heterocycles. The molecule has 20 heavy (non-hydrogen) atoms. The molecule has 0 saturated heterocycles. The van der Waals surface area contributed by atoms with Crippen LogP contribution in [0.15, 0.2) is 35.3 Å². The Labute approximate surface area is 112 Å². The number of hydrogen-bond acceptors (Lipinski definition) is 4. The molecule has 1 amide bonds. The van der Waals surface area contributed by atoms with Crippen molar-refractivity contribution >= 4 is 22.8 Å². The molecule has 0 aliphatic heterocycles. The molecule has 2 aromatic rings. The summed E-state index contributed by atoms with van der Waals surface area (Å²) >= 11 is 0. The highest BCUT2D eigenvalue weighted by Gasteiger charge is 2.21. The van der Waals surface area contributed by atoms with Crippen LogP contribution in [0.5, 0.6) is 0 Å². The summed E-state index contributed by atoms with van der Waals surface area (Å²) in [4.78, 5) is 37.5. The number of carbonyl (C=O) groups excluding carboxylic acids is 1. The van der Waals surface area contributed by atoms with Crippen molar-refractivity contribution in [2.24, 2.45) is 0 Å². The van der Waals surface area contributed by atoms with Gasteiger partial charge in [-0.1, -0.05) is 12.1 Å². The molecule has 0 spiro atoms. The average molecular weight is 276 g/mol. The van der Waals surface area contributed by atoms with Gasteiger partial charge in [-0.2, -0.15) is 0 Å². The van der Waals surface area contributed by atoms with Gasteiger partial charge in [-0.05, 0) is 12.1 Å². The smallest absolute Gasteiger partial charge is 0.328 e. The predicted octanol–water partition coefficient (Wildman–Crippen LogP) is -0.297. The largest absolute Gasteiger partial charge is 0.480 e. The standard InChI is InChI=1S/C13H12N2O5/c16-6-10(13(19)20)15-12(18)8-5-14-9-4-2-1-3-7(9)11(8)17/h1-5,10,16H,6H2,(H,14,17)(H,15,18)(H,19,20)/t10-/m0/s1. The van der Waals surface area contributed by atoms with Gasteiger partial charge in [0, 0.05) is 17.1 Å². The molecule has 0 unspecified atom stereocenters. The van der Waals surface area contributed by atoms with E-state index in [-0.39, 0.29) is 5.56 Å². The molecule has 0 aliphatic carbocycles. The lowest BCUT2D eigenvalue weighted by atomic mass is 10.1. The molecule has 2 rings (SSSR count). The number of nitrogens with one attached hydrogen (secondary N) is 2. The van der Waals surface area contributed by atoms with Crippen molar-refractivity contribution < 1.29 is 19.8 Å². The van der Waals surface area contributed by atoms with E-state index in [4.69, 9.17) is 10.2 Å². The summed E-state index contributed by atoms with van der Waals surface area (Å²) in [5, 5.41) is 20.0. The van der Waals surface area contributed by atoms with E-state index in [1.807, 2.05) is 0 Å². The molecular formula is C13H12N2O5. The third-order valence-corrected chi connectivity index (χ3v) is 2.82. The second kappa shape index (κ2) is 5.54. The van der Waals surface area contributed by atoms with E-state index in [0.717, 1.165) is 0 Å². The highest BCUT2D eigenvalue weighted by atomic mass is 16.4. The molecule has 7 heteroatoms. The predicted molar refractivity (Wildman–Crippen MR) is 70.5 cm³/mol. The first kappa shape index (κ1) is 13.8. The first-order chi connectivity index (χ1) is 9.54. The molecule has 1 atom stereocenters. The lowest BCUT2D eigenvalue weighted by Gasteiger charge is -2.11. The number of para-hydroxylation sites is 1. The molecule has 7 nitrogen and oxygen atoms in total. The van der Waals surface area contributed by atoms with Crippen molar-refractivity contribution in [3.05, 3.63) is 46.2 Å². The maximum absolute atomic E-state index is 12.1. The van der Waals surface area contributed by atoms with Gasteiger partial charge in [-0.3, -0.25) is 9.59 Å². The number of benzene rings is 1. The highest BCUT2D eigenvalue weighted by molar-refractivity contribution is 5.98. The van der Waals surface area contributed by atoms with Crippen LogP contribution < -0.4 is 10.7 Å². The van der Waals surface area contributed by atoms with E-state index in [0.29, 0.717) is 10.9 Å². The number of carboxylic acid groups (broad SMARTS) is 1. The van der Waals surface area contributed by atoms with Gasteiger partial charge in [-0.25, -0.2) is 4.79 Å². The van der Waals surface area contributed by atoms with E-state index < -0.39 is 30.0 Å². The zero-order chi connectivity index (χ0) is 14.7. The summed E-state index contributed by atoms with van der Waals surface area (Å²) < 4.78 is 0. The second-order valence-corrected chi connectivity index (χ2v) is 4.12. The Morgan fingerprint density at radius 1 is 1.30 bits per heavy atom. The monoisotopic (exact) mass is 276 g/mol. The van der Waals surface area contributed by atoms with Gasteiger partial charge < -0.3 is 20.5 Å². The molecular weight excluding hydrogens is 264 g/mol. The summed E-state index contributed by atoms with van der Waals surface area (Å²) in [6.45, 7) is -0.757. The van der Waals surface area contributed by atoms with Crippen LogP contribution >= 0.6 is 0 Å². The lowest BCUT2D eigenvalue weighted by Crippen LogP contribution is -2.44. The number of aromatic nitrogens is 1. The van der Waals surface area contributed by atoms with Crippen molar-refractivity contribution in [1.82, 2.24) is 10.3 Å². The zero-order valence-electron chi connectivity index (χ0n) is 10.3. The maximum atomic E-state index is 12.1. The molecule has 1 aromatic carbocycles. The Morgan fingerprint density at radius 2 is 2.00 bits per heavy atom. The van der Waals surface area contributed by atoms with Crippen molar-refractivity contribution in [2.75, 3.05) is 6.61 Å². The van der Waals surface area contributed by atoms with E-state index in [2.05, 4.69) is 10.3 Å². The minimum atomic E-state index is -1.45. The van der Waals surface area contributed by atoms with E-state index in [1.54, 1.807) is 24.3 Å². The fraction of sp³-hybridized carbons (Fsp3) is 0.154. The fourth-order valence-electron chi connectivity index (χ4n) is 1.76. The molecule has 0 saturated carbocycles. The van der Waals surface area contributed by atoms with Gasteiger partial charge in [0.05, 0.1) is 6.61 Å². The summed E-state index contributed by atoms with van der Waals surface area (Å²) in [6, 6.07) is 5.20. The quantitative estimate of drug-likeness (QED) is 0.611. The number of H-pyrrole nitrogens is 1. The Balaban J connectivity index is 2.38. The number of aliphatic hydroxyl groups excluding tert-OH is 1. The minimum Gasteiger partial charge on any atom is -0.480 e. The van der Waals surface area contributed by atoms with Crippen LogP contribution in [-0.2, 0) is 4.79 Å². The third kappa shape index (κ3) is 2.52. The van der Waals surface area contributed by atoms with Gasteiger partial charge in [0.2, 0.25) is 5.43 Å². The van der Waals surface area contributed by atoms with E-state index in [1.165, 1.54) is 6.20 Å². The molecule has 0 fully saturated rings. The molecule has 0 bridgehead atoms. The average Bonchev–Trinajstić information content (AvgIpc) is 2.44. The Kier molecular flexibility index (Phi) is 3.81. The summed E-state index contributed by atoms with van der Waals surface area (Å²) in [5.41, 5.74) is -0.131. The SMILES string of the molecule is O=C(N[C@@H](CO)C(=O)O)c1c[nH]c2ccccc2c1=O. The van der Waals surface area contributed by atoms with Crippen LogP contribution in [0, 0.1) is 0 Å². The van der Waals surface area contributed by atoms with Crippen molar-refractivity contribution in [3.63, 3.8) is 0 Å². The van der Waals surface area contributed by atoms with Crippen LogP contribution in [0.2, 0.25) is 0 Å². The number of hydrogen-bond donors (Lipinski definition) is 4. The fourth-order valence-corrected chi connectivity index (χ4v) is 1.76. The number of pyridine rings is 1. The van der Waals surface area contributed by atoms with Gasteiger partial charge in [0.1, 0.15) is 5.56 Å². The molecule has 1 heterocycles. The Morgan fingerprint density at radius 3 is 2.65 bits per heavy atom. The topological polar surface area (TPSA) is 119 Å². The molecule has 104 valence electrons. The van der Waals surface area contributed by atoms with Gasteiger partial charge in [0.25, 0.3) is 5.91 Å². The lowest BCUT2D eigenvalue weighted by molar-refractivity contribution is -0.140. The van der Waals surface area contributed by atoms with Gasteiger partial charge >= 0.3 is 5.97 Å². The Bertz CT molecular complexity index is 722. The first-order valence-corrected chi connectivity index (χ1v) is 5.79. The van der Waals surface area contributed by atoms with E-state index in [9.17, 15) is 14.4 Å². The van der Waals surface area contributed by atoms with Crippen molar-refractivity contribution in [3.8, 4) is 0 Å². The van der Waals surface area contributed by atoms with Crippen LogP contribution in [0.1, 0.15) is 10.4 Å². The normalized spacial score (nSPS) is 12.1. The van der Waals surface area contributed by atoms with Crippen molar-refractivity contribution in [1.29, 1.82) is 0 Å². The number of carbonyl (C=O) groups is 2. The number of aliphatic carboxylic acids is 1. The van der Waals surface area contributed by atoms with Gasteiger partial charge in [0.15, 0.2) is 6.04 Å². The minimum absolute atomic E-state index is 0.205. The maximum Gasteiger partial charge on any atom is 0.328 e.